The second kappa shape index (κ2) is 4.57. The van der Waals surface area contributed by atoms with Crippen LogP contribution in [0, 0.1) is 0 Å². The molecule has 0 spiro atoms. The smallest absolute Gasteiger partial charge is 0.225 e. The zero-order chi connectivity index (χ0) is 10.7. The Labute approximate surface area is 90.0 Å². The fourth-order valence-corrected chi connectivity index (χ4v) is 1.97. The molecule has 82 valence electrons. The van der Waals surface area contributed by atoms with Crippen LogP contribution in [0.2, 0.25) is 0 Å². The minimum atomic E-state index is 0.193. The standard InChI is InChI=1S/C11H17N3O/c1-2-9-6-12-11(13-7-9)14-5-3-4-10(14)8-15/h6-7,10,15H,2-5,8H2,1H3/t10-/m1/s1. The molecule has 4 nitrogen and oxygen atoms in total. The van der Waals surface area contributed by atoms with E-state index in [0.717, 1.165) is 37.3 Å². The SMILES string of the molecule is CCc1cnc(N2CCC[C@@H]2CO)nc1. The molecule has 2 rings (SSSR count). The van der Waals surface area contributed by atoms with Gasteiger partial charge in [-0.3, -0.25) is 0 Å². The summed E-state index contributed by atoms with van der Waals surface area (Å²) in [4.78, 5) is 10.8. The molecule has 1 aromatic rings. The third kappa shape index (κ3) is 2.09. The van der Waals surface area contributed by atoms with Gasteiger partial charge >= 0.3 is 0 Å². The summed E-state index contributed by atoms with van der Waals surface area (Å²) < 4.78 is 0. The summed E-state index contributed by atoms with van der Waals surface area (Å²) in [5.74, 6) is 0.753. The van der Waals surface area contributed by atoms with Crippen LogP contribution in [0.3, 0.4) is 0 Å². The lowest BCUT2D eigenvalue weighted by atomic mass is 10.2. The molecule has 1 N–H and O–H groups in total. The zero-order valence-corrected chi connectivity index (χ0v) is 9.06. The molecule has 0 amide bonds. The summed E-state index contributed by atoms with van der Waals surface area (Å²) in [6.45, 7) is 3.24. The van der Waals surface area contributed by atoms with Gasteiger partial charge in [0.25, 0.3) is 0 Å². The summed E-state index contributed by atoms with van der Waals surface area (Å²) in [5.41, 5.74) is 1.15. The van der Waals surface area contributed by atoms with E-state index in [-0.39, 0.29) is 12.6 Å². The van der Waals surface area contributed by atoms with Crippen molar-refractivity contribution in [1.82, 2.24) is 9.97 Å². The Balaban J connectivity index is 2.14. The fraction of sp³-hybridized carbons (Fsp3) is 0.636. The summed E-state index contributed by atoms with van der Waals surface area (Å²) >= 11 is 0. The van der Waals surface area contributed by atoms with Gasteiger partial charge in [-0.15, -0.1) is 0 Å². The Morgan fingerprint density at radius 3 is 2.80 bits per heavy atom. The molecule has 1 atom stereocenters. The van der Waals surface area contributed by atoms with Crippen molar-refractivity contribution in [2.75, 3.05) is 18.1 Å². The molecule has 0 saturated carbocycles. The minimum Gasteiger partial charge on any atom is -0.394 e. The maximum Gasteiger partial charge on any atom is 0.225 e. The average Bonchev–Trinajstić information content (AvgIpc) is 2.77. The topological polar surface area (TPSA) is 49.2 Å². The Bertz CT molecular complexity index is 312. The van der Waals surface area contributed by atoms with Gasteiger partial charge < -0.3 is 10.0 Å². The quantitative estimate of drug-likeness (QED) is 0.803. The van der Waals surface area contributed by atoms with Crippen molar-refractivity contribution in [3.8, 4) is 0 Å². The normalized spacial score (nSPS) is 20.9. The molecule has 0 aliphatic carbocycles. The molecule has 1 aliphatic heterocycles. The second-order valence-corrected chi connectivity index (χ2v) is 3.92. The molecule has 0 radical (unpaired) electrons. The van der Waals surface area contributed by atoms with Gasteiger partial charge in [0, 0.05) is 18.9 Å². The Kier molecular flexibility index (Phi) is 3.16. The Hall–Kier alpha value is -1.16. The molecule has 2 heterocycles. The number of anilines is 1. The molecule has 0 aromatic carbocycles. The molecule has 0 bridgehead atoms. The van der Waals surface area contributed by atoms with Gasteiger partial charge in [-0.25, -0.2) is 9.97 Å². The van der Waals surface area contributed by atoms with E-state index >= 15 is 0 Å². The average molecular weight is 207 g/mol. The molecular weight excluding hydrogens is 190 g/mol. The lowest BCUT2D eigenvalue weighted by Gasteiger charge is -2.22. The molecule has 1 aromatic heterocycles. The number of rotatable bonds is 3. The number of aromatic nitrogens is 2. The maximum absolute atomic E-state index is 9.20. The van der Waals surface area contributed by atoms with Crippen LogP contribution in [0.5, 0.6) is 0 Å². The summed E-state index contributed by atoms with van der Waals surface area (Å²) in [5, 5.41) is 9.20. The van der Waals surface area contributed by atoms with Gasteiger partial charge in [-0.05, 0) is 24.8 Å². The van der Waals surface area contributed by atoms with Gasteiger partial charge in [0.2, 0.25) is 5.95 Å². The zero-order valence-electron chi connectivity index (χ0n) is 9.06. The van der Waals surface area contributed by atoms with E-state index in [1.165, 1.54) is 0 Å². The second-order valence-electron chi connectivity index (χ2n) is 3.92. The molecular formula is C11H17N3O. The first-order chi connectivity index (χ1) is 7.35. The first kappa shape index (κ1) is 10.4. The predicted octanol–water partition coefficient (Wildman–Crippen LogP) is 1.00. The molecule has 15 heavy (non-hydrogen) atoms. The molecule has 4 heteroatoms. The van der Waals surface area contributed by atoms with Gasteiger partial charge in [-0.1, -0.05) is 6.92 Å². The highest BCUT2D eigenvalue weighted by molar-refractivity contribution is 5.33. The van der Waals surface area contributed by atoms with Crippen LogP contribution in [0.1, 0.15) is 25.3 Å². The lowest BCUT2D eigenvalue weighted by molar-refractivity contribution is 0.265. The van der Waals surface area contributed by atoms with Crippen LogP contribution >= 0.6 is 0 Å². The summed E-state index contributed by atoms with van der Waals surface area (Å²) in [6.07, 6.45) is 6.85. The van der Waals surface area contributed by atoms with Crippen molar-refractivity contribution in [1.29, 1.82) is 0 Å². The van der Waals surface area contributed by atoms with Crippen LogP contribution in [0.25, 0.3) is 0 Å². The Morgan fingerprint density at radius 1 is 1.47 bits per heavy atom. The van der Waals surface area contributed by atoms with Gasteiger partial charge in [0.05, 0.1) is 12.6 Å². The van der Waals surface area contributed by atoms with E-state index in [1.54, 1.807) is 0 Å². The molecule has 1 fully saturated rings. The van der Waals surface area contributed by atoms with E-state index in [2.05, 4.69) is 21.8 Å². The van der Waals surface area contributed by atoms with Gasteiger partial charge in [-0.2, -0.15) is 0 Å². The van der Waals surface area contributed by atoms with Crippen molar-refractivity contribution in [2.45, 2.75) is 32.2 Å². The molecule has 0 unspecified atom stereocenters. The van der Waals surface area contributed by atoms with Crippen molar-refractivity contribution in [3.05, 3.63) is 18.0 Å². The van der Waals surface area contributed by atoms with Crippen LogP contribution in [-0.4, -0.2) is 34.3 Å². The summed E-state index contributed by atoms with van der Waals surface area (Å²) in [6, 6.07) is 0.206. The molecule has 1 saturated heterocycles. The highest BCUT2D eigenvalue weighted by atomic mass is 16.3. The largest absolute Gasteiger partial charge is 0.394 e. The number of aliphatic hydroxyl groups is 1. The number of nitrogens with zero attached hydrogens (tertiary/aromatic N) is 3. The highest BCUT2D eigenvalue weighted by Gasteiger charge is 2.25. The maximum atomic E-state index is 9.20. The van der Waals surface area contributed by atoms with Crippen LogP contribution < -0.4 is 4.90 Å². The minimum absolute atomic E-state index is 0.193. The first-order valence-electron chi connectivity index (χ1n) is 5.53. The van der Waals surface area contributed by atoms with Crippen molar-refractivity contribution in [2.24, 2.45) is 0 Å². The third-order valence-corrected chi connectivity index (χ3v) is 2.94. The van der Waals surface area contributed by atoms with Gasteiger partial charge in [0.15, 0.2) is 0 Å². The van der Waals surface area contributed by atoms with E-state index in [0.29, 0.717) is 0 Å². The highest BCUT2D eigenvalue weighted by Crippen LogP contribution is 2.21. The number of aryl methyl sites for hydroxylation is 1. The van der Waals surface area contributed by atoms with Crippen molar-refractivity contribution >= 4 is 5.95 Å². The number of aliphatic hydroxyl groups excluding tert-OH is 1. The third-order valence-electron chi connectivity index (χ3n) is 2.94. The Morgan fingerprint density at radius 2 is 2.20 bits per heavy atom. The first-order valence-corrected chi connectivity index (χ1v) is 5.53. The van der Waals surface area contributed by atoms with Gasteiger partial charge in [0.1, 0.15) is 0 Å². The predicted molar refractivity (Wildman–Crippen MR) is 58.9 cm³/mol. The van der Waals surface area contributed by atoms with Crippen LogP contribution in [0.4, 0.5) is 5.95 Å². The van der Waals surface area contributed by atoms with E-state index in [4.69, 9.17) is 0 Å². The van der Waals surface area contributed by atoms with E-state index in [1.807, 2.05) is 12.4 Å². The summed E-state index contributed by atoms with van der Waals surface area (Å²) in [7, 11) is 0. The monoisotopic (exact) mass is 207 g/mol. The molecule has 1 aliphatic rings. The van der Waals surface area contributed by atoms with Crippen molar-refractivity contribution in [3.63, 3.8) is 0 Å². The number of hydrogen-bond donors (Lipinski definition) is 1. The lowest BCUT2D eigenvalue weighted by Crippen LogP contribution is -2.33. The van der Waals surface area contributed by atoms with E-state index < -0.39 is 0 Å². The van der Waals surface area contributed by atoms with Crippen LogP contribution in [0.15, 0.2) is 12.4 Å². The number of hydrogen-bond acceptors (Lipinski definition) is 4. The van der Waals surface area contributed by atoms with Crippen LogP contribution in [-0.2, 0) is 6.42 Å². The van der Waals surface area contributed by atoms with E-state index in [9.17, 15) is 5.11 Å². The fourth-order valence-electron chi connectivity index (χ4n) is 1.97. The van der Waals surface area contributed by atoms with Crippen molar-refractivity contribution < 1.29 is 5.11 Å².